The van der Waals surface area contributed by atoms with Crippen LogP contribution in [0.5, 0.6) is 0 Å². The molecule has 80 valence electrons. The van der Waals surface area contributed by atoms with Crippen LogP contribution in [-0.4, -0.2) is 39.7 Å². The Morgan fingerprint density at radius 1 is 1.73 bits per heavy atom. The number of carbonyl (C=O) groups is 2. The quantitative estimate of drug-likeness (QED) is 0.668. The molecule has 1 aromatic heterocycles. The summed E-state index contributed by atoms with van der Waals surface area (Å²) in [5, 5.41) is 0. The van der Waals surface area contributed by atoms with Crippen molar-refractivity contribution in [3.05, 3.63) is 18.2 Å². The van der Waals surface area contributed by atoms with Crippen LogP contribution in [0, 0.1) is 0 Å². The number of rotatable bonds is 4. The molecule has 0 atom stereocenters. The van der Waals surface area contributed by atoms with Crippen molar-refractivity contribution < 1.29 is 9.59 Å². The van der Waals surface area contributed by atoms with E-state index in [-0.39, 0.29) is 12.5 Å². The first-order valence-corrected chi connectivity index (χ1v) is 4.94. The monoisotopic (exact) mass is 207 g/mol. The zero-order valence-corrected chi connectivity index (χ0v) is 8.59. The lowest BCUT2D eigenvalue weighted by Gasteiger charge is -2.16. The van der Waals surface area contributed by atoms with Gasteiger partial charge >= 0.3 is 0 Å². The molecule has 0 bridgehead atoms. The summed E-state index contributed by atoms with van der Waals surface area (Å²) in [4.78, 5) is 27.9. The van der Waals surface area contributed by atoms with Crippen LogP contribution in [0.15, 0.2) is 12.4 Å². The van der Waals surface area contributed by atoms with Crippen LogP contribution in [0.3, 0.4) is 0 Å². The predicted octanol–water partition coefficient (Wildman–Crippen LogP) is 0.316. The van der Waals surface area contributed by atoms with E-state index in [1.54, 1.807) is 22.7 Å². The third-order valence-electron chi connectivity index (χ3n) is 2.65. The first-order chi connectivity index (χ1) is 7.22. The van der Waals surface area contributed by atoms with E-state index in [2.05, 4.69) is 4.98 Å². The van der Waals surface area contributed by atoms with E-state index in [0.717, 1.165) is 12.8 Å². The van der Waals surface area contributed by atoms with Crippen molar-refractivity contribution in [2.75, 3.05) is 7.05 Å². The van der Waals surface area contributed by atoms with Crippen molar-refractivity contribution in [2.45, 2.75) is 25.4 Å². The number of likely N-dealkylation sites (N-methyl/N-ethyl adjacent to an activating group) is 1. The molecule has 5 heteroatoms. The van der Waals surface area contributed by atoms with Crippen LogP contribution in [0.25, 0.3) is 0 Å². The Kier molecular flexibility index (Phi) is 2.53. The Hall–Kier alpha value is -1.65. The smallest absolute Gasteiger partial charge is 0.242 e. The molecule has 1 fully saturated rings. The molecule has 0 N–H and O–H groups in total. The molecule has 0 radical (unpaired) electrons. The summed E-state index contributed by atoms with van der Waals surface area (Å²) in [6.45, 7) is 0.196. The molecule has 0 spiro atoms. The lowest BCUT2D eigenvalue weighted by Crippen LogP contribution is -2.32. The van der Waals surface area contributed by atoms with Gasteiger partial charge < -0.3 is 9.47 Å². The van der Waals surface area contributed by atoms with E-state index in [4.69, 9.17) is 0 Å². The summed E-state index contributed by atoms with van der Waals surface area (Å²) in [5.74, 6) is 0.325. The summed E-state index contributed by atoms with van der Waals surface area (Å²) in [7, 11) is 1.80. The maximum Gasteiger partial charge on any atom is 0.242 e. The number of nitrogens with zero attached hydrogens (tertiary/aromatic N) is 3. The summed E-state index contributed by atoms with van der Waals surface area (Å²) < 4.78 is 1.56. The summed E-state index contributed by atoms with van der Waals surface area (Å²) in [5.41, 5.74) is 0. The van der Waals surface area contributed by atoms with E-state index in [0.29, 0.717) is 18.2 Å². The van der Waals surface area contributed by atoms with Gasteiger partial charge in [-0.05, 0) is 12.8 Å². The molecule has 0 aliphatic heterocycles. The molecule has 5 nitrogen and oxygen atoms in total. The number of amides is 1. The highest BCUT2D eigenvalue weighted by atomic mass is 16.2. The molecular formula is C10H13N3O2. The Balaban J connectivity index is 2.01. The van der Waals surface area contributed by atoms with Crippen molar-refractivity contribution in [3.63, 3.8) is 0 Å². The molecule has 0 saturated heterocycles. The fourth-order valence-electron chi connectivity index (χ4n) is 1.50. The highest BCUT2D eigenvalue weighted by Crippen LogP contribution is 2.25. The largest absolute Gasteiger partial charge is 0.341 e. The molecule has 2 rings (SSSR count). The van der Waals surface area contributed by atoms with Gasteiger partial charge in [-0.2, -0.15) is 0 Å². The van der Waals surface area contributed by atoms with Gasteiger partial charge in [0.15, 0.2) is 12.1 Å². The number of hydrogen-bond donors (Lipinski definition) is 0. The van der Waals surface area contributed by atoms with Crippen molar-refractivity contribution >= 4 is 12.2 Å². The Morgan fingerprint density at radius 2 is 2.47 bits per heavy atom. The number of hydrogen-bond acceptors (Lipinski definition) is 3. The van der Waals surface area contributed by atoms with Gasteiger partial charge in [0.1, 0.15) is 6.54 Å². The van der Waals surface area contributed by atoms with Crippen LogP contribution in [0.1, 0.15) is 23.5 Å². The summed E-state index contributed by atoms with van der Waals surface area (Å²) in [6, 6.07) is 0.403. The molecule has 1 amide bonds. The fourth-order valence-corrected chi connectivity index (χ4v) is 1.50. The van der Waals surface area contributed by atoms with Gasteiger partial charge in [-0.1, -0.05) is 0 Å². The molecule has 1 aliphatic rings. The van der Waals surface area contributed by atoms with Crippen molar-refractivity contribution in [1.82, 2.24) is 14.5 Å². The Bertz CT molecular complexity index is 382. The van der Waals surface area contributed by atoms with Crippen LogP contribution in [-0.2, 0) is 11.3 Å². The highest BCUT2D eigenvalue weighted by Gasteiger charge is 2.29. The zero-order chi connectivity index (χ0) is 10.8. The highest BCUT2D eigenvalue weighted by molar-refractivity contribution is 5.78. The second-order valence-corrected chi connectivity index (χ2v) is 3.77. The van der Waals surface area contributed by atoms with Gasteiger partial charge in [-0.25, -0.2) is 4.98 Å². The second-order valence-electron chi connectivity index (χ2n) is 3.77. The third-order valence-corrected chi connectivity index (χ3v) is 2.65. The van der Waals surface area contributed by atoms with Gasteiger partial charge in [-0.15, -0.1) is 0 Å². The average molecular weight is 207 g/mol. The van der Waals surface area contributed by atoms with E-state index < -0.39 is 0 Å². The molecule has 1 aliphatic carbocycles. The number of aldehydes is 1. The molecule has 1 saturated carbocycles. The van der Waals surface area contributed by atoms with Crippen molar-refractivity contribution in [3.8, 4) is 0 Å². The van der Waals surface area contributed by atoms with Gasteiger partial charge in [0.2, 0.25) is 5.91 Å². The molecule has 15 heavy (non-hydrogen) atoms. The number of carbonyl (C=O) groups excluding carboxylic acids is 2. The van der Waals surface area contributed by atoms with Crippen LogP contribution < -0.4 is 0 Å². The summed E-state index contributed by atoms with van der Waals surface area (Å²) in [6.07, 6.45) is 6.00. The van der Waals surface area contributed by atoms with Crippen LogP contribution in [0.2, 0.25) is 0 Å². The topological polar surface area (TPSA) is 55.2 Å². The maximum atomic E-state index is 11.7. The molecule has 0 aromatic carbocycles. The minimum absolute atomic E-state index is 0.0265. The van der Waals surface area contributed by atoms with Crippen molar-refractivity contribution in [1.29, 1.82) is 0 Å². The third kappa shape index (κ3) is 2.06. The minimum atomic E-state index is 0.0265. The van der Waals surface area contributed by atoms with E-state index >= 15 is 0 Å². The van der Waals surface area contributed by atoms with Crippen LogP contribution in [0.4, 0.5) is 0 Å². The number of aromatic nitrogens is 2. The Labute approximate surface area is 87.7 Å². The molecular weight excluding hydrogens is 194 g/mol. The molecule has 1 aromatic rings. The minimum Gasteiger partial charge on any atom is -0.341 e. The molecule has 0 unspecified atom stereocenters. The SMILES string of the molecule is CN(C(=O)Cn1ccnc1C=O)C1CC1. The van der Waals surface area contributed by atoms with Crippen LogP contribution >= 0.6 is 0 Å². The zero-order valence-electron chi connectivity index (χ0n) is 8.59. The van der Waals surface area contributed by atoms with Gasteiger partial charge in [0.25, 0.3) is 0 Å². The predicted molar refractivity (Wildman–Crippen MR) is 53.4 cm³/mol. The van der Waals surface area contributed by atoms with E-state index in [1.807, 2.05) is 0 Å². The first kappa shape index (κ1) is 9.89. The normalized spacial score (nSPS) is 15.0. The number of imidazole rings is 1. The van der Waals surface area contributed by atoms with Crippen molar-refractivity contribution in [2.24, 2.45) is 0 Å². The van der Waals surface area contributed by atoms with E-state index in [1.165, 1.54) is 6.20 Å². The second kappa shape index (κ2) is 3.84. The lowest BCUT2D eigenvalue weighted by molar-refractivity contribution is -0.131. The average Bonchev–Trinajstić information content (AvgIpc) is 2.99. The van der Waals surface area contributed by atoms with Gasteiger partial charge in [-0.3, -0.25) is 9.59 Å². The first-order valence-electron chi connectivity index (χ1n) is 4.94. The van der Waals surface area contributed by atoms with E-state index in [9.17, 15) is 9.59 Å². The Morgan fingerprint density at radius 3 is 3.07 bits per heavy atom. The van der Waals surface area contributed by atoms with Gasteiger partial charge in [0, 0.05) is 25.5 Å². The fraction of sp³-hybridized carbons (Fsp3) is 0.500. The molecule has 1 heterocycles. The van der Waals surface area contributed by atoms with Gasteiger partial charge in [0.05, 0.1) is 0 Å². The maximum absolute atomic E-state index is 11.7. The summed E-state index contributed by atoms with van der Waals surface area (Å²) >= 11 is 0. The standard InChI is InChI=1S/C10H13N3O2/c1-12(8-2-3-8)10(15)6-13-5-4-11-9(13)7-14/h4-5,7-8H,2-3,6H2,1H3. The lowest BCUT2D eigenvalue weighted by atomic mass is 10.4.